The number of hydrogen-bond donors (Lipinski definition) is 3. The zero-order chi connectivity index (χ0) is 17.9. The number of carbonyl (C=O) groups excluding carboxylic acids is 3. The van der Waals surface area contributed by atoms with E-state index in [1.54, 1.807) is 0 Å². The van der Waals surface area contributed by atoms with Crippen molar-refractivity contribution in [2.45, 2.75) is 27.7 Å². The molecule has 1 aromatic carbocycles. The Kier molecular flexibility index (Phi) is 5.18. The van der Waals surface area contributed by atoms with Crippen molar-refractivity contribution >= 4 is 23.3 Å². The van der Waals surface area contributed by atoms with Crippen molar-refractivity contribution < 1.29 is 14.4 Å². The first-order valence-corrected chi connectivity index (χ1v) is 7.63. The molecular formula is C18H21N3O3. The molecule has 3 N–H and O–H groups in total. The number of aromatic nitrogens is 1. The van der Waals surface area contributed by atoms with Crippen molar-refractivity contribution in [3.63, 3.8) is 0 Å². The topological polar surface area (TPSA) is 91.1 Å². The zero-order valence-corrected chi connectivity index (χ0v) is 14.2. The summed E-state index contributed by atoms with van der Waals surface area (Å²) in [4.78, 5) is 38.0. The molecule has 2 rings (SSSR count). The number of carbonyl (C=O) groups is 3. The molecule has 2 amide bonds. The van der Waals surface area contributed by atoms with Crippen LogP contribution >= 0.6 is 0 Å². The summed E-state index contributed by atoms with van der Waals surface area (Å²) >= 11 is 0. The molecule has 0 bridgehead atoms. The first-order valence-electron chi connectivity index (χ1n) is 7.63. The molecular weight excluding hydrogens is 306 g/mol. The maximum absolute atomic E-state index is 12.1. The van der Waals surface area contributed by atoms with Crippen LogP contribution in [0.4, 0.5) is 5.69 Å². The molecule has 0 atom stereocenters. The third kappa shape index (κ3) is 4.10. The van der Waals surface area contributed by atoms with E-state index in [2.05, 4.69) is 15.6 Å². The maximum Gasteiger partial charge on any atom is 0.268 e. The van der Waals surface area contributed by atoms with Gasteiger partial charge in [-0.3, -0.25) is 14.4 Å². The smallest absolute Gasteiger partial charge is 0.268 e. The van der Waals surface area contributed by atoms with Gasteiger partial charge < -0.3 is 15.6 Å². The Bertz CT molecular complexity index is 783. The fourth-order valence-electron chi connectivity index (χ4n) is 2.55. The highest BCUT2D eigenvalue weighted by Gasteiger charge is 2.13. The first-order chi connectivity index (χ1) is 11.3. The lowest BCUT2D eigenvalue weighted by molar-refractivity contribution is -0.115. The van der Waals surface area contributed by atoms with Gasteiger partial charge in [0.15, 0.2) is 5.78 Å². The van der Waals surface area contributed by atoms with Crippen molar-refractivity contribution in [1.29, 1.82) is 0 Å². The van der Waals surface area contributed by atoms with Gasteiger partial charge >= 0.3 is 0 Å². The van der Waals surface area contributed by atoms with Crippen molar-refractivity contribution in [3.8, 4) is 0 Å². The van der Waals surface area contributed by atoms with Gasteiger partial charge in [0.05, 0.1) is 6.54 Å². The van der Waals surface area contributed by atoms with E-state index in [1.807, 2.05) is 32.9 Å². The highest BCUT2D eigenvalue weighted by atomic mass is 16.2. The second-order valence-electron chi connectivity index (χ2n) is 5.86. The number of benzene rings is 1. The minimum atomic E-state index is -0.435. The molecule has 0 fully saturated rings. The Labute approximate surface area is 140 Å². The van der Waals surface area contributed by atoms with E-state index in [9.17, 15) is 14.4 Å². The van der Waals surface area contributed by atoms with Gasteiger partial charge in [-0.05, 0) is 44.9 Å². The Morgan fingerprint density at radius 3 is 2.21 bits per heavy atom. The van der Waals surface area contributed by atoms with Gasteiger partial charge in [0, 0.05) is 17.4 Å². The van der Waals surface area contributed by atoms with E-state index in [1.165, 1.54) is 19.2 Å². The summed E-state index contributed by atoms with van der Waals surface area (Å²) in [6.45, 7) is 7.12. The van der Waals surface area contributed by atoms with Crippen molar-refractivity contribution in [1.82, 2.24) is 10.3 Å². The lowest BCUT2D eigenvalue weighted by atomic mass is 10.1. The second-order valence-corrected chi connectivity index (χ2v) is 5.86. The van der Waals surface area contributed by atoms with E-state index < -0.39 is 5.91 Å². The van der Waals surface area contributed by atoms with E-state index in [-0.39, 0.29) is 23.9 Å². The van der Waals surface area contributed by atoms with Gasteiger partial charge in [0.1, 0.15) is 5.69 Å². The molecule has 0 aliphatic rings. The number of hydrogen-bond acceptors (Lipinski definition) is 3. The van der Waals surface area contributed by atoms with E-state index in [0.29, 0.717) is 5.56 Å². The lowest BCUT2D eigenvalue weighted by Gasteiger charge is -2.13. The lowest BCUT2D eigenvalue weighted by Crippen LogP contribution is -2.33. The van der Waals surface area contributed by atoms with Gasteiger partial charge in [0.2, 0.25) is 5.91 Å². The molecule has 0 aliphatic carbocycles. The fourth-order valence-corrected chi connectivity index (χ4v) is 2.55. The average Bonchev–Trinajstić information content (AvgIpc) is 2.98. The highest BCUT2D eigenvalue weighted by molar-refractivity contribution is 6.01. The molecule has 6 nitrogen and oxygen atoms in total. The third-order valence-corrected chi connectivity index (χ3v) is 3.69. The molecule has 0 saturated carbocycles. The van der Waals surface area contributed by atoms with Crippen LogP contribution in [0.15, 0.2) is 24.4 Å². The maximum atomic E-state index is 12.1. The minimum absolute atomic E-state index is 0.131. The number of H-pyrrole nitrogens is 1. The summed E-state index contributed by atoms with van der Waals surface area (Å²) in [6.07, 6.45) is 1.47. The van der Waals surface area contributed by atoms with Crippen LogP contribution in [-0.4, -0.2) is 29.1 Å². The van der Waals surface area contributed by atoms with Crippen LogP contribution in [-0.2, 0) is 4.79 Å². The molecule has 0 radical (unpaired) electrons. The molecule has 0 unspecified atom stereocenters. The number of aromatic amines is 1. The fraction of sp³-hybridized carbons (Fsp3) is 0.278. The highest BCUT2D eigenvalue weighted by Crippen LogP contribution is 2.21. The van der Waals surface area contributed by atoms with Gasteiger partial charge in [-0.2, -0.15) is 0 Å². The summed E-state index contributed by atoms with van der Waals surface area (Å²) in [5.41, 5.74) is 4.51. The molecule has 1 aromatic heterocycles. The van der Waals surface area contributed by atoms with Gasteiger partial charge in [0.25, 0.3) is 5.91 Å². The normalized spacial score (nSPS) is 10.3. The van der Waals surface area contributed by atoms with Crippen molar-refractivity contribution in [3.05, 3.63) is 52.3 Å². The second kappa shape index (κ2) is 7.12. The summed E-state index contributed by atoms with van der Waals surface area (Å²) in [6, 6.07) is 5.44. The standard InChI is InChI=1S/C18H21N3O3/c1-10-5-11(2)17(12(3)6-10)21-16(23)9-20-18(24)15-7-14(8-19-15)13(4)22/h5-8,19H,9H2,1-4H3,(H,20,24)(H,21,23). The van der Waals surface area contributed by atoms with Gasteiger partial charge in [-0.25, -0.2) is 0 Å². The molecule has 0 saturated heterocycles. The van der Waals surface area contributed by atoms with Crippen LogP contribution in [0.25, 0.3) is 0 Å². The van der Waals surface area contributed by atoms with Crippen LogP contribution < -0.4 is 10.6 Å². The number of amides is 2. The molecule has 1 heterocycles. The zero-order valence-electron chi connectivity index (χ0n) is 14.2. The van der Waals surface area contributed by atoms with Crippen molar-refractivity contribution in [2.75, 3.05) is 11.9 Å². The van der Waals surface area contributed by atoms with E-state index in [4.69, 9.17) is 0 Å². The summed E-state index contributed by atoms with van der Waals surface area (Å²) in [7, 11) is 0. The Morgan fingerprint density at radius 2 is 1.67 bits per heavy atom. The number of ketones is 1. The van der Waals surface area contributed by atoms with Crippen LogP contribution in [0.1, 0.15) is 44.5 Å². The molecule has 6 heteroatoms. The quantitative estimate of drug-likeness (QED) is 0.737. The number of anilines is 1. The predicted octanol–water partition coefficient (Wildman–Crippen LogP) is 2.51. The van der Waals surface area contributed by atoms with Crippen molar-refractivity contribution in [2.24, 2.45) is 0 Å². The Morgan fingerprint density at radius 1 is 1.04 bits per heavy atom. The summed E-state index contributed by atoms with van der Waals surface area (Å²) < 4.78 is 0. The first kappa shape index (κ1) is 17.5. The van der Waals surface area contributed by atoms with Gasteiger partial charge in [-0.1, -0.05) is 17.7 Å². The van der Waals surface area contributed by atoms with Crippen LogP contribution in [0.5, 0.6) is 0 Å². The molecule has 126 valence electrons. The van der Waals surface area contributed by atoms with E-state index in [0.717, 1.165) is 22.4 Å². The molecule has 24 heavy (non-hydrogen) atoms. The summed E-state index contributed by atoms with van der Waals surface area (Å²) in [5, 5.41) is 5.35. The summed E-state index contributed by atoms with van der Waals surface area (Å²) in [5.74, 6) is -0.875. The Balaban J connectivity index is 1.95. The van der Waals surface area contributed by atoms with Crippen LogP contribution in [0.2, 0.25) is 0 Å². The minimum Gasteiger partial charge on any atom is -0.356 e. The predicted molar refractivity (Wildman–Crippen MR) is 92.4 cm³/mol. The molecule has 0 spiro atoms. The number of nitrogens with one attached hydrogen (secondary N) is 3. The largest absolute Gasteiger partial charge is 0.356 e. The third-order valence-electron chi connectivity index (χ3n) is 3.69. The van der Waals surface area contributed by atoms with Gasteiger partial charge in [-0.15, -0.1) is 0 Å². The van der Waals surface area contributed by atoms with Crippen LogP contribution in [0, 0.1) is 20.8 Å². The number of rotatable bonds is 5. The molecule has 0 aliphatic heterocycles. The van der Waals surface area contributed by atoms with Crippen LogP contribution in [0.3, 0.4) is 0 Å². The molecule has 2 aromatic rings. The monoisotopic (exact) mass is 327 g/mol. The Hall–Kier alpha value is -2.89. The average molecular weight is 327 g/mol. The van der Waals surface area contributed by atoms with E-state index >= 15 is 0 Å². The number of Topliss-reactive ketones (excluding diaryl/α,β-unsaturated/α-hetero) is 1. The SMILES string of the molecule is CC(=O)c1c[nH]c(C(=O)NCC(=O)Nc2c(C)cc(C)cc2C)c1. The number of aryl methyl sites for hydroxylation is 3.